The largest absolute Gasteiger partial charge is 0.497 e. The molecule has 0 radical (unpaired) electrons. The molecular weight excluding hydrogens is 246 g/mol. The van der Waals surface area contributed by atoms with Gasteiger partial charge in [0.05, 0.1) is 13.2 Å². The number of hydrogen-bond donors (Lipinski definition) is 2. The van der Waals surface area contributed by atoms with E-state index in [-0.39, 0.29) is 0 Å². The Kier molecular flexibility index (Phi) is 7.16. The maximum atomic E-state index is 10.0. The van der Waals surface area contributed by atoms with Gasteiger partial charge in [0.2, 0.25) is 0 Å². The fourth-order valence-electron chi connectivity index (χ4n) is 1.63. The molecule has 1 aromatic rings. The SMILES string of the molecule is COc1cccc(C(O)CNCCC(C)SC)c1. The van der Waals surface area contributed by atoms with E-state index in [0.29, 0.717) is 11.8 Å². The third-order valence-corrected chi connectivity index (χ3v) is 3.99. The molecule has 0 saturated heterocycles. The molecular formula is C14H23NO2S. The van der Waals surface area contributed by atoms with Crippen LogP contribution < -0.4 is 10.1 Å². The molecule has 1 rings (SSSR count). The van der Waals surface area contributed by atoms with Crippen molar-refractivity contribution in [2.75, 3.05) is 26.5 Å². The smallest absolute Gasteiger partial charge is 0.119 e. The summed E-state index contributed by atoms with van der Waals surface area (Å²) in [5.41, 5.74) is 0.889. The van der Waals surface area contributed by atoms with Crippen LogP contribution in [0.5, 0.6) is 5.75 Å². The van der Waals surface area contributed by atoms with Gasteiger partial charge in [-0.25, -0.2) is 0 Å². The van der Waals surface area contributed by atoms with Crippen LogP contribution in [0.25, 0.3) is 0 Å². The number of methoxy groups -OCH3 is 1. The average molecular weight is 269 g/mol. The lowest BCUT2D eigenvalue weighted by Crippen LogP contribution is -2.24. The van der Waals surface area contributed by atoms with Crippen molar-refractivity contribution in [3.8, 4) is 5.75 Å². The zero-order valence-electron chi connectivity index (χ0n) is 11.3. The summed E-state index contributed by atoms with van der Waals surface area (Å²) in [4.78, 5) is 0. The van der Waals surface area contributed by atoms with Crippen molar-refractivity contribution >= 4 is 11.8 Å². The normalized spacial score (nSPS) is 14.2. The van der Waals surface area contributed by atoms with Crippen molar-refractivity contribution in [1.82, 2.24) is 5.32 Å². The molecule has 0 aliphatic carbocycles. The topological polar surface area (TPSA) is 41.5 Å². The first kappa shape index (κ1) is 15.3. The molecule has 0 aromatic heterocycles. The summed E-state index contributed by atoms with van der Waals surface area (Å²) in [6.45, 7) is 3.72. The molecule has 0 bridgehead atoms. The summed E-state index contributed by atoms with van der Waals surface area (Å²) in [5.74, 6) is 0.780. The van der Waals surface area contributed by atoms with Crippen LogP contribution >= 0.6 is 11.8 Å². The molecule has 2 atom stereocenters. The molecule has 4 heteroatoms. The molecule has 2 unspecified atom stereocenters. The van der Waals surface area contributed by atoms with E-state index in [1.807, 2.05) is 36.0 Å². The van der Waals surface area contributed by atoms with E-state index in [4.69, 9.17) is 4.74 Å². The third kappa shape index (κ3) is 5.29. The van der Waals surface area contributed by atoms with Crippen LogP contribution in [0.4, 0.5) is 0 Å². The lowest BCUT2D eigenvalue weighted by Gasteiger charge is -2.14. The van der Waals surface area contributed by atoms with Gasteiger partial charge in [-0.2, -0.15) is 11.8 Å². The minimum Gasteiger partial charge on any atom is -0.497 e. The van der Waals surface area contributed by atoms with E-state index in [1.54, 1.807) is 7.11 Å². The average Bonchev–Trinajstić information content (AvgIpc) is 2.43. The number of aliphatic hydroxyl groups excluding tert-OH is 1. The first-order valence-electron chi connectivity index (χ1n) is 6.23. The molecule has 0 aliphatic heterocycles. The highest BCUT2D eigenvalue weighted by molar-refractivity contribution is 7.99. The van der Waals surface area contributed by atoms with Gasteiger partial charge in [-0.3, -0.25) is 0 Å². The van der Waals surface area contributed by atoms with Gasteiger partial charge in [0.1, 0.15) is 5.75 Å². The second-order valence-electron chi connectivity index (χ2n) is 4.33. The highest BCUT2D eigenvalue weighted by atomic mass is 32.2. The van der Waals surface area contributed by atoms with Crippen LogP contribution in [0.3, 0.4) is 0 Å². The Morgan fingerprint density at radius 2 is 2.22 bits per heavy atom. The fraction of sp³-hybridized carbons (Fsp3) is 0.571. The van der Waals surface area contributed by atoms with Crippen LogP contribution in [-0.2, 0) is 0 Å². The standard InChI is InChI=1S/C14H23NO2S/c1-11(18-3)7-8-15-10-14(16)12-5-4-6-13(9-12)17-2/h4-6,9,11,14-16H,7-8,10H2,1-3H3. The number of aliphatic hydroxyl groups is 1. The van der Waals surface area contributed by atoms with Gasteiger partial charge in [-0.1, -0.05) is 19.1 Å². The van der Waals surface area contributed by atoms with Crippen molar-refractivity contribution in [3.05, 3.63) is 29.8 Å². The highest BCUT2D eigenvalue weighted by Gasteiger charge is 2.08. The number of benzene rings is 1. The quantitative estimate of drug-likeness (QED) is 0.711. The van der Waals surface area contributed by atoms with Crippen LogP contribution in [0, 0.1) is 0 Å². The van der Waals surface area contributed by atoms with E-state index >= 15 is 0 Å². The first-order valence-corrected chi connectivity index (χ1v) is 7.51. The second kappa shape index (κ2) is 8.40. The highest BCUT2D eigenvalue weighted by Crippen LogP contribution is 2.18. The molecule has 3 nitrogen and oxygen atoms in total. The molecule has 18 heavy (non-hydrogen) atoms. The van der Waals surface area contributed by atoms with E-state index in [9.17, 15) is 5.11 Å². The number of hydrogen-bond acceptors (Lipinski definition) is 4. The zero-order chi connectivity index (χ0) is 13.4. The Labute approximate surface area is 114 Å². The molecule has 0 fully saturated rings. The van der Waals surface area contributed by atoms with E-state index in [2.05, 4.69) is 18.5 Å². The van der Waals surface area contributed by atoms with Gasteiger partial charge in [0.15, 0.2) is 0 Å². The summed E-state index contributed by atoms with van der Waals surface area (Å²) in [6, 6.07) is 7.56. The van der Waals surface area contributed by atoms with Gasteiger partial charge in [0, 0.05) is 11.8 Å². The van der Waals surface area contributed by atoms with Crippen LogP contribution in [0.2, 0.25) is 0 Å². The van der Waals surface area contributed by atoms with E-state index in [1.165, 1.54) is 0 Å². The number of thioether (sulfide) groups is 1. The number of nitrogens with one attached hydrogen (secondary N) is 1. The van der Waals surface area contributed by atoms with E-state index < -0.39 is 6.10 Å². The second-order valence-corrected chi connectivity index (χ2v) is 5.61. The van der Waals surface area contributed by atoms with Crippen LogP contribution in [-0.4, -0.2) is 36.8 Å². The van der Waals surface area contributed by atoms with Gasteiger partial charge in [-0.15, -0.1) is 0 Å². The van der Waals surface area contributed by atoms with Crippen LogP contribution in [0.1, 0.15) is 25.0 Å². The van der Waals surface area contributed by atoms with Gasteiger partial charge >= 0.3 is 0 Å². The maximum Gasteiger partial charge on any atom is 0.119 e. The summed E-state index contributed by atoms with van der Waals surface area (Å²) in [7, 11) is 1.63. The van der Waals surface area contributed by atoms with Crippen molar-refractivity contribution in [2.45, 2.75) is 24.7 Å². The Bertz CT molecular complexity index is 346. The van der Waals surface area contributed by atoms with Crippen LogP contribution in [0.15, 0.2) is 24.3 Å². The van der Waals surface area contributed by atoms with Crippen molar-refractivity contribution in [2.24, 2.45) is 0 Å². The fourth-order valence-corrected chi connectivity index (χ4v) is 1.98. The predicted octanol–water partition coefficient (Wildman–Crippen LogP) is 2.46. The summed E-state index contributed by atoms with van der Waals surface area (Å²) in [5, 5.41) is 14.0. The summed E-state index contributed by atoms with van der Waals surface area (Å²) in [6.07, 6.45) is 2.76. The monoisotopic (exact) mass is 269 g/mol. The molecule has 1 aromatic carbocycles. The maximum absolute atomic E-state index is 10.0. The number of ether oxygens (including phenoxy) is 1. The minimum absolute atomic E-state index is 0.482. The third-order valence-electron chi connectivity index (χ3n) is 2.95. The molecule has 0 amide bonds. The Hall–Kier alpha value is -0.710. The first-order chi connectivity index (χ1) is 8.67. The Morgan fingerprint density at radius 3 is 2.89 bits per heavy atom. The molecule has 0 heterocycles. The molecule has 2 N–H and O–H groups in total. The van der Waals surface area contributed by atoms with Gasteiger partial charge in [-0.05, 0) is 36.9 Å². The lowest BCUT2D eigenvalue weighted by molar-refractivity contribution is 0.174. The lowest BCUT2D eigenvalue weighted by atomic mass is 10.1. The molecule has 0 aliphatic rings. The summed E-state index contributed by atoms with van der Waals surface area (Å²) < 4.78 is 5.14. The van der Waals surface area contributed by atoms with Gasteiger partial charge < -0.3 is 15.2 Å². The van der Waals surface area contributed by atoms with Crippen molar-refractivity contribution in [3.63, 3.8) is 0 Å². The van der Waals surface area contributed by atoms with E-state index in [0.717, 1.165) is 24.3 Å². The molecule has 102 valence electrons. The van der Waals surface area contributed by atoms with Gasteiger partial charge in [0.25, 0.3) is 0 Å². The Balaban J connectivity index is 2.33. The zero-order valence-corrected chi connectivity index (χ0v) is 12.2. The van der Waals surface area contributed by atoms with Crippen molar-refractivity contribution < 1.29 is 9.84 Å². The summed E-state index contributed by atoms with van der Waals surface area (Å²) >= 11 is 1.87. The number of rotatable bonds is 8. The van der Waals surface area contributed by atoms with Crippen molar-refractivity contribution in [1.29, 1.82) is 0 Å². The molecule has 0 spiro atoms. The Morgan fingerprint density at radius 1 is 1.44 bits per heavy atom. The molecule has 0 saturated carbocycles. The minimum atomic E-state index is -0.482. The predicted molar refractivity (Wildman–Crippen MR) is 78.4 cm³/mol.